The van der Waals surface area contributed by atoms with Gasteiger partial charge in [-0.3, -0.25) is 0 Å². The minimum atomic E-state index is 0.153. The van der Waals surface area contributed by atoms with E-state index in [1.165, 1.54) is 49.4 Å². The van der Waals surface area contributed by atoms with E-state index in [9.17, 15) is 0 Å². The van der Waals surface area contributed by atoms with Crippen LogP contribution < -0.4 is 0 Å². The van der Waals surface area contributed by atoms with Crippen LogP contribution in [0, 0.1) is 0 Å². The monoisotopic (exact) mass is 406 g/mol. The Morgan fingerprint density at radius 3 is 2.80 bits per heavy atom. The molecule has 0 radical (unpaired) electrons. The smallest absolute Gasteiger partial charge is 0.249 e. The van der Waals surface area contributed by atoms with Crippen LogP contribution in [0.25, 0.3) is 22.3 Å². The van der Waals surface area contributed by atoms with Crippen LogP contribution in [0.3, 0.4) is 0 Å². The van der Waals surface area contributed by atoms with Gasteiger partial charge in [0, 0.05) is 41.4 Å². The van der Waals surface area contributed by atoms with E-state index >= 15 is 0 Å². The second-order valence-electron chi connectivity index (χ2n) is 8.56. The quantitative estimate of drug-likeness (QED) is 0.351. The van der Waals surface area contributed by atoms with E-state index in [1.807, 2.05) is 6.92 Å². The van der Waals surface area contributed by atoms with Gasteiger partial charge in [0.25, 0.3) is 0 Å². The SMILES string of the molecule is C=C(C)N1CCC[C@H]1c1nc(-c2cn(CCCCCCCC)c3ccccc23)no1. The van der Waals surface area contributed by atoms with E-state index in [1.54, 1.807) is 0 Å². The maximum atomic E-state index is 5.72. The van der Waals surface area contributed by atoms with Gasteiger partial charge in [-0.15, -0.1) is 0 Å². The van der Waals surface area contributed by atoms with Gasteiger partial charge in [-0.1, -0.05) is 69.0 Å². The first-order valence-corrected chi connectivity index (χ1v) is 11.5. The molecule has 0 spiro atoms. The van der Waals surface area contributed by atoms with Gasteiger partial charge < -0.3 is 14.0 Å². The predicted octanol–water partition coefficient (Wildman–Crippen LogP) is 6.72. The molecule has 1 aromatic carbocycles. The number of nitrogens with zero attached hydrogens (tertiary/aromatic N) is 4. The lowest BCUT2D eigenvalue weighted by atomic mass is 10.1. The molecule has 2 aromatic heterocycles. The molecule has 160 valence electrons. The van der Waals surface area contributed by atoms with Crippen LogP contribution in [0.15, 0.2) is 47.3 Å². The van der Waals surface area contributed by atoms with Crippen molar-refractivity contribution in [2.75, 3.05) is 6.54 Å². The van der Waals surface area contributed by atoms with Crippen molar-refractivity contribution in [3.05, 3.63) is 48.6 Å². The summed E-state index contributed by atoms with van der Waals surface area (Å²) in [5.41, 5.74) is 3.37. The molecule has 0 amide bonds. The van der Waals surface area contributed by atoms with Gasteiger partial charge in [-0.05, 0) is 32.3 Å². The Morgan fingerprint density at radius 1 is 1.17 bits per heavy atom. The third kappa shape index (κ3) is 4.30. The van der Waals surface area contributed by atoms with Gasteiger partial charge >= 0.3 is 0 Å². The fourth-order valence-corrected chi connectivity index (χ4v) is 4.63. The third-order valence-corrected chi connectivity index (χ3v) is 6.25. The number of allylic oxidation sites excluding steroid dienone is 1. The molecule has 3 aromatic rings. The van der Waals surface area contributed by atoms with E-state index in [2.05, 4.69) is 58.6 Å². The number of likely N-dealkylation sites (tertiary alicyclic amines) is 1. The summed E-state index contributed by atoms with van der Waals surface area (Å²) in [6, 6.07) is 8.70. The summed E-state index contributed by atoms with van der Waals surface area (Å²) in [5, 5.41) is 5.56. The molecule has 3 heterocycles. The Morgan fingerprint density at radius 2 is 1.97 bits per heavy atom. The molecule has 1 atom stereocenters. The Balaban J connectivity index is 1.53. The van der Waals surface area contributed by atoms with Crippen molar-refractivity contribution >= 4 is 10.9 Å². The number of fused-ring (bicyclic) bond motifs is 1. The average molecular weight is 407 g/mol. The summed E-state index contributed by atoms with van der Waals surface area (Å²) in [6.45, 7) is 10.5. The zero-order valence-corrected chi connectivity index (χ0v) is 18.4. The van der Waals surface area contributed by atoms with Crippen LogP contribution in [0.4, 0.5) is 0 Å². The lowest BCUT2D eigenvalue weighted by molar-refractivity contribution is 0.252. The molecule has 0 unspecified atom stereocenters. The zero-order valence-electron chi connectivity index (χ0n) is 18.4. The molecular formula is C25H34N4O. The minimum absolute atomic E-state index is 0.153. The van der Waals surface area contributed by atoms with Crippen LogP contribution in [-0.2, 0) is 6.54 Å². The molecule has 1 aliphatic rings. The van der Waals surface area contributed by atoms with Crippen LogP contribution in [0.1, 0.15) is 77.1 Å². The van der Waals surface area contributed by atoms with Gasteiger partial charge in [0.1, 0.15) is 6.04 Å². The molecule has 0 saturated carbocycles. The maximum Gasteiger partial charge on any atom is 0.249 e. The summed E-state index contributed by atoms with van der Waals surface area (Å²) in [5.74, 6) is 1.40. The van der Waals surface area contributed by atoms with Gasteiger partial charge in [-0.2, -0.15) is 4.98 Å². The first-order chi connectivity index (χ1) is 14.7. The maximum absolute atomic E-state index is 5.72. The molecule has 5 nitrogen and oxygen atoms in total. The number of aryl methyl sites for hydroxylation is 1. The summed E-state index contributed by atoms with van der Waals surface area (Å²) in [7, 11) is 0. The molecule has 1 aliphatic heterocycles. The molecule has 0 aliphatic carbocycles. The predicted molar refractivity (Wildman–Crippen MR) is 122 cm³/mol. The molecule has 4 rings (SSSR count). The van der Waals surface area contributed by atoms with Gasteiger partial charge in [0.05, 0.1) is 0 Å². The highest BCUT2D eigenvalue weighted by atomic mass is 16.5. The Bertz CT molecular complexity index is 986. The van der Waals surface area contributed by atoms with E-state index in [0.29, 0.717) is 11.7 Å². The molecule has 5 heteroatoms. The summed E-state index contributed by atoms with van der Waals surface area (Å²) >= 11 is 0. The van der Waals surface area contributed by atoms with Gasteiger partial charge in [0.15, 0.2) is 0 Å². The summed E-state index contributed by atoms with van der Waals surface area (Å²) < 4.78 is 8.08. The van der Waals surface area contributed by atoms with Crippen molar-refractivity contribution < 1.29 is 4.52 Å². The van der Waals surface area contributed by atoms with Crippen molar-refractivity contribution in [2.24, 2.45) is 0 Å². The standard InChI is InChI=1S/C25H34N4O/c1-4-5-6-7-8-11-16-28-18-21(20-13-9-10-14-22(20)28)24-26-25(30-27-24)23-15-12-17-29(23)19(2)3/h9-10,13-14,18,23H,2,4-8,11-12,15-17H2,1,3H3/t23-/m0/s1. The van der Waals surface area contributed by atoms with Crippen molar-refractivity contribution in [2.45, 2.75) is 77.8 Å². The number of rotatable bonds is 10. The van der Waals surface area contributed by atoms with Crippen LogP contribution >= 0.6 is 0 Å². The second kappa shape index (κ2) is 9.50. The summed E-state index contributed by atoms with van der Waals surface area (Å²) in [4.78, 5) is 7.09. The minimum Gasteiger partial charge on any atom is -0.364 e. The number of para-hydroxylation sites is 1. The van der Waals surface area contributed by atoms with E-state index < -0.39 is 0 Å². The number of unbranched alkanes of at least 4 members (excludes halogenated alkanes) is 5. The number of benzene rings is 1. The van der Waals surface area contributed by atoms with Crippen LogP contribution in [0.2, 0.25) is 0 Å². The molecule has 1 fully saturated rings. The van der Waals surface area contributed by atoms with E-state index in [4.69, 9.17) is 9.51 Å². The number of hydrogen-bond donors (Lipinski definition) is 0. The highest BCUT2D eigenvalue weighted by Crippen LogP contribution is 2.35. The average Bonchev–Trinajstić information content (AvgIpc) is 3.48. The normalized spacial score (nSPS) is 16.6. The van der Waals surface area contributed by atoms with Crippen molar-refractivity contribution in [1.82, 2.24) is 19.6 Å². The van der Waals surface area contributed by atoms with Crippen molar-refractivity contribution in [3.8, 4) is 11.4 Å². The van der Waals surface area contributed by atoms with Gasteiger partial charge in [-0.25, -0.2) is 0 Å². The second-order valence-corrected chi connectivity index (χ2v) is 8.56. The molecule has 30 heavy (non-hydrogen) atoms. The fraction of sp³-hybridized carbons (Fsp3) is 0.520. The van der Waals surface area contributed by atoms with E-state index in [-0.39, 0.29) is 6.04 Å². The number of aromatic nitrogens is 3. The van der Waals surface area contributed by atoms with Crippen molar-refractivity contribution in [3.63, 3.8) is 0 Å². The van der Waals surface area contributed by atoms with E-state index in [0.717, 1.165) is 37.2 Å². The zero-order chi connectivity index (χ0) is 20.9. The first kappa shape index (κ1) is 20.7. The molecular weight excluding hydrogens is 372 g/mol. The van der Waals surface area contributed by atoms with Crippen LogP contribution in [-0.4, -0.2) is 26.2 Å². The molecule has 0 N–H and O–H groups in total. The Kier molecular flexibility index (Phi) is 6.56. The topological polar surface area (TPSA) is 47.1 Å². The lowest BCUT2D eigenvalue weighted by Gasteiger charge is -2.23. The highest BCUT2D eigenvalue weighted by molar-refractivity contribution is 5.94. The summed E-state index contributed by atoms with van der Waals surface area (Å²) in [6.07, 6.45) is 12.2. The Hall–Kier alpha value is -2.56. The highest BCUT2D eigenvalue weighted by Gasteiger charge is 2.30. The van der Waals surface area contributed by atoms with Crippen LogP contribution in [0.5, 0.6) is 0 Å². The lowest BCUT2D eigenvalue weighted by Crippen LogP contribution is -2.20. The van der Waals surface area contributed by atoms with Gasteiger partial charge in [0.2, 0.25) is 11.7 Å². The largest absolute Gasteiger partial charge is 0.364 e. The first-order valence-electron chi connectivity index (χ1n) is 11.5. The Labute approximate surface area is 179 Å². The number of hydrogen-bond acceptors (Lipinski definition) is 4. The third-order valence-electron chi connectivity index (χ3n) is 6.25. The molecule has 0 bridgehead atoms. The molecule has 1 saturated heterocycles. The fourth-order valence-electron chi connectivity index (χ4n) is 4.63. The van der Waals surface area contributed by atoms with Crippen molar-refractivity contribution in [1.29, 1.82) is 0 Å².